The Hall–Kier alpha value is -1.60. The summed E-state index contributed by atoms with van der Waals surface area (Å²) in [5.41, 5.74) is 1.06. The summed E-state index contributed by atoms with van der Waals surface area (Å²) < 4.78 is 5.66. The Morgan fingerprint density at radius 3 is 2.73 bits per heavy atom. The van der Waals surface area contributed by atoms with Crippen LogP contribution in [0.3, 0.4) is 0 Å². The van der Waals surface area contributed by atoms with Crippen LogP contribution < -0.4 is 5.32 Å². The van der Waals surface area contributed by atoms with Gasteiger partial charge in [0.2, 0.25) is 5.91 Å². The fourth-order valence-electron chi connectivity index (χ4n) is 2.26. The van der Waals surface area contributed by atoms with Crippen molar-refractivity contribution in [3.63, 3.8) is 0 Å². The summed E-state index contributed by atoms with van der Waals surface area (Å²) in [6.45, 7) is 4.38. The molecule has 1 aliphatic heterocycles. The molecule has 0 unspecified atom stereocenters. The molecule has 0 aromatic heterocycles. The first-order valence-electron chi connectivity index (χ1n) is 7.12. The molecule has 2 amide bonds. The molecule has 1 aliphatic rings. The number of amides is 2. The zero-order valence-corrected chi connectivity index (χ0v) is 14.0. The average Bonchev–Trinajstić information content (AvgIpc) is 2.51. The highest BCUT2D eigenvalue weighted by atomic mass is 79.9. The fraction of sp³-hybridized carbons (Fsp3) is 0.467. The molecule has 1 fully saturated rings. The van der Waals surface area contributed by atoms with Crippen molar-refractivity contribution in [1.29, 1.82) is 0 Å². The number of hydrogen-bond donors (Lipinski definition) is 2. The van der Waals surface area contributed by atoms with Gasteiger partial charge in [0.15, 0.2) is 0 Å². The van der Waals surface area contributed by atoms with E-state index in [1.165, 1.54) is 0 Å². The maximum absolute atomic E-state index is 12.1. The van der Waals surface area contributed by atoms with Gasteiger partial charge in [0, 0.05) is 26.1 Å². The number of nitrogens with zero attached hydrogens (tertiary/aromatic N) is 1. The molecule has 0 aliphatic carbocycles. The number of ether oxygens (including phenoxy) is 1. The number of carbonyl (C=O) groups excluding carboxylic acids is 2. The van der Waals surface area contributed by atoms with Gasteiger partial charge in [-0.1, -0.05) is 0 Å². The number of phenolic OH excluding ortho intramolecular Hbond substituents is 1. The molecule has 0 atom stereocenters. The van der Waals surface area contributed by atoms with Crippen LogP contribution in [0.15, 0.2) is 16.6 Å². The van der Waals surface area contributed by atoms with Crippen LogP contribution in [0.1, 0.15) is 22.3 Å². The first-order chi connectivity index (χ1) is 10.5. The monoisotopic (exact) mass is 370 g/mol. The number of hydrogen-bond acceptors (Lipinski definition) is 4. The number of nitrogens with one attached hydrogen (secondary N) is 1. The minimum absolute atomic E-state index is 0.00163. The van der Waals surface area contributed by atoms with Crippen molar-refractivity contribution < 1.29 is 19.4 Å². The molecule has 0 saturated carbocycles. The van der Waals surface area contributed by atoms with Gasteiger partial charge in [-0.15, -0.1) is 0 Å². The second-order valence-electron chi connectivity index (χ2n) is 5.14. The van der Waals surface area contributed by atoms with Gasteiger partial charge in [0.05, 0.1) is 23.2 Å². The van der Waals surface area contributed by atoms with Gasteiger partial charge >= 0.3 is 0 Å². The van der Waals surface area contributed by atoms with Crippen LogP contribution in [0.5, 0.6) is 5.75 Å². The zero-order chi connectivity index (χ0) is 16.1. The van der Waals surface area contributed by atoms with E-state index in [1.54, 1.807) is 17.0 Å². The lowest BCUT2D eigenvalue weighted by molar-refractivity contribution is -0.135. The standard InChI is InChI=1S/C15H19BrN2O4/c1-10-8-11(14(20)12(16)9-10)15(21)17-3-2-13(19)18-4-6-22-7-5-18/h8-9,20H,2-7H2,1H3,(H,17,21). The lowest BCUT2D eigenvalue weighted by atomic mass is 10.1. The van der Waals surface area contributed by atoms with Gasteiger partial charge in [0.25, 0.3) is 5.91 Å². The number of benzene rings is 1. The zero-order valence-electron chi connectivity index (χ0n) is 12.4. The molecule has 0 spiro atoms. The molecule has 6 nitrogen and oxygen atoms in total. The molecule has 1 heterocycles. The van der Waals surface area contributed by atoms with Crippen LogP contribution in [0.4, 0.5) is 0 Å². The largest absolute Gasteiger partial charge is 0.506 e. The molecule has 120 valence electrons. The van der Waals surface area contributed by atoms with Crippen molar-refractivity contribution in [2.24, 2.45) is 0 Å². The third-order valence-electron chi connectivity index (χ3n) is 3.44. The van der Waals surface area contributed by atoms with Crippen LogP contribution in [-0.4, -0.2) is 54.7 Å². The van der Waals surface area contributed by atoms with Crippen LogP contribution in [0.2, 0.25) is 0 Å². The quantitative estimate of drug-likeness (QED) is 0.840. The molecule has 0 radical (unpaired) electrons. The van der Waals surface area contributed by atoms with E-state index in [2.05, 4.69) is 21.2 Å². The summed E-state index contributed by atoms with van der Waals surface area (Å²) in [5, 5.41) is 12.6. The summed E-state index contributed by atoms with van der Waals surface area (Å²) in [6, 6.07) is 3.34. The Morgan fingerprint density at radius 1 is 1.36 bits per heavy atom. The Morgan fingerprint density at radius 2 is 2.05 bits per heavy atom. The lowest BCUT2D eigenvalue weighted by Gasteiger charge is -2.26. The van der Waals surface area contributed by atoms with E-state index in [4.69, 9.17) is 4.74 Å². The first kappa shape index (κ1) is 16.8. The number of rotatable bonds is 4. The lowest BCUT2D eigenvalue weighted by Crippen LogP contribution is -2.42. The summed E-state index contributed by atoms with van der Waals surface area (Å²) in [7, 11) is 0. The van der Waals surface area contributed by atoms with Crippen LogP contribution in [0, 0.1) is 6.92 Å². The summed E-state index contributed by atoms with van der Waals surface area (Å²) >= 11 is 3.21. The number of carbonyl (C=O) groups is 2. The smallest absolute Gasteiger partial charge is 0.255 e. The number of morpholine rings is 1. The predicted molar refractivity (Wildman–Crippen MR) is 84.9 cm³/mol. The van der Waals surface area contributed by atoms with Gasteiger partial charge in [-0.05, 0) is 40.5 Å². The predicted octanol–water partition coefficient (Wildman–Crippen LogP) is 1.44. The van der Waals surface area contributed by atoms with E-state index >= 15 is 0 Å². The van der Waals surface area contributed by atoms with E-state index in [0.29, 0.717) is 30.8 Å². The van der Waals surface area contributed by atoms with Crippen molar-refractivity contribution >= 4 is 27.7 Å². The molecule has 2 rings (SSSR count). The third kappa shape index (κ3) is 4.20. The van der Waals surface area contributed by atoms with Gasteiger partial charge in [0.1, 0.15) is 5.75 Å². The Balaban J connectivity index is 1.86. The Bertz CT molecular complexity index is 571. The summed E-state index contributed by atoms with van der Waals surface area (Å²) in [6.07, 6.45) is 0.236. The number of halogens is 1. The highest BCUT2D eigenvalue weighted by molar-refractivity contribution is 9.10. The number of aromatic hydroxyl groups is 1. The van der Waals surface area contributed by atoms with Gasteiger partial charge in [-0.2, -0.15) is 0 Å². The number of aryl methyl sites for hydroxylation is 1. The van der Waals surface area contributed by atoms with Crippen LogP contribution in [0.25, 0.3) is 0 Å². The van der Waals surface area contributed by atoms with Gasteiger partial charge < -0.3 is 20.1 Å². The molecule has 2 N–H and O–H groups in total. The molecule has 1 saturated heterocycles. The van der Waals surface area contributed by atoms with E-state index in [0.717, 1.165) is 5.56 Å². The highest BCUT2D eigenvalue weighted by Crippen LogP contribution is 2.29. The maximum Gasteiger partial charge on any atom is 0.255 e. The molecule has 1 aromatic carbocycles. The Labute approximate surface area is 137 Å². The van der Waals surface area contributed by atoms with E-state index in [9.17, 15) is 14.7 Å². The fourth-order valence-corrected chi connectivity index (χ4v) is 2.83. The second-order valence-corrected chi connectivity index (χ2v) is 6.00. The van der Waals surface area contributed by atoms with Crippen molar-refractivity contribution in [1.82, 2.24) is 10.2 Å². The Kier molecular flexibility index (Phi) is 5.79. The number of phenols is 1. The minimum atomic E-state index is -0.392. The van der Waals surface area contributed by atoms with Crippen molar-refractivity contribution in [3.05, 3.63) is 27.7 Å². The molecular formula is C15H19BrN2O4. The van der Waals surface area contributed by atoms with E-state index < -0.39 is 5.91 Å². The van der Waals surface area contributed by atoms with Crippen molar-refractivity contribution in [2.45, 2.75) is 13.3 Å². The molecule has 1 aromatic rings. The normalized spacial score (nSPS) is 14.7. The minimum Gasteiger partial charge on any atom is -0.506 e. The summed E-state index contributed by atoms with van der Waals surface area (Å²) in [4.78, 5) is 25.8. The topological polar surface area (TPSA) is 78.9 Å². The van der Waals surface area contributed by atoms with Gasteiger partial charge in [-0.3, -0.25) is 9.59 Å². The van der Waals surface area contributed by atoms with E-state index in [1.807, 2.05) is 6.92 Å². The van der Waals surface area contributed by atoms with Crippen molar-refractivity contribution in [2.75, 3.05) is 32.8 Å². The van der Waals surface area contributed by atoms with Crippen LogP contribution in [-0.2, 0) is 9.53 Å². The SMILES string of the molecule is Cc1cc(Br)c(O)c(C(=O)NCCC(=O)N2CCOCC2)c1. The summed E-state index contributed by atoms with van der Waals surface area (Å²) in [5.74, 6) is -0.488. The molecule has 22 heavy (non-hydrogen) atoms. The highest BCUT2D eigenvalue weighted by Gasteiger charge is 2.18. The first-order valence-corrected chi connectivity index (χ1v) is 7.91. The maximum atomic E-state index is 12.1. The molecule has 0 bridgehead atoms. The average molecular weight is 371 g/mol. The third-order valence-corrected chi connectivity index (χ3v) is 4.05. The molecular weight excluding hydrogens is 352 g/mol. The van der Waals surface area contributed by atoms with Gasteiger partial charge in [-0.25, -0.2) is 0 Å². The second kappa shape index (κ2) is 7.60. The van der Waals surface area contributed by atoms with Crippen LogP contribution >= 0.6 is 15.9 Å². The van der Waals surface area contributed by atoms with E-state index in [-0.39, 0.29) is 30.2 Å². The van der Waals surface area contributed by atoms with Crippen molar-refractivity contribution in [3.8, 4) is 5.75 Å². The molecule has 7 heteroatoms.